The minimum Gasteiger partial charge on any atom is -0.457 e. The number of benzene rings is 2. The number of para-hydroxylation sites is 1. The molecule has 0 bridgehead atoms. The number of nitrogens with zero attached hydrogens (tertiary/aromatic N) is 2. The largest absolute Gasteiger partial charge is 0.457 e. The molecule has 1 aliphatic heterocycles. The second kappa shape index (κ2) is 9.33. The molecule has 1 fully saturated rings. The molecule has 1 atom stereocenters. The molecule has 0 aromatic heterocycles. The van der Waals surface area contributed by atoms with E-state index in [1.807, 2.05) is 60.5 Å². The summed E-state index contributed by atoms with van der Waals surface area (Å²) in [4.78, 5) is 19.3. The zero-order valence-electron chi connectivity index (χ0n) is 17.7. The lowest BCUT2D eigenvalue weighted by atomic mass is 9.89. The molecule has 4 rings (SSSR count). The van der Waals surface area contributed by atoms with E-state index < -0.39 is 0 Å². The van der Waals surface area contributed by atoms with Gasteiger partial charge in [-0.15, -0.1) is 0 Å². The molecule has 2 aromatic carbocycles. The zero-order valence-corrected chi connectivity index (χ0v) is 17.7. The standard InChI is InChI=1S/C25H31N3O2/c1-28(20-8-4-2-5-9-20)24(29)15-12-18-16-19-17-22(13-14-23(19)27-25(18)26)30-21-10-6-3-7-11-21/h3,6-7,10-11,13-14,17-18,20H,2,4-5,8-9,12,15-16H2,1H3,(H2,26,27)/t18-/m1/s1. The minimum absolute atomic E-state index is 0.0909. The lowest BCUT2D eigenvalue weighted by Gasteiger charge is -2.32. The second-order valence-electron chi connectivity index (χ2n) is 8.48. The van der Waals surface area contributed by atoms with Gasteiger partial charge in [0.15, 0.2) is 0 Å². The summed E-state index contributed by atoms with van der Waals surface area (Å²) in [6.45, 7) is 0. The lowest BCUT2D eigenvalue weighted by molar-refractivity contribution is -0.132. The number of fused-ring (bicyclic) bond motifs is 1. The Hall–Kier alpha value is -2.82. The lowest BCUT2D eigenvalue weighted by Crippen LogP contribution is -2.39. The van der Waals surface area contributed by atoms with Crippen molar-refractivity contribution in [2.75, 3.05) is 7.05 Å². The van der Waals surface area contributed by atoms with Gasteiger partial charge in [0.1, 0.15) is 17.3 Å². The number of amides is 1. The molecule has 0 radical (unpaired) electrons. The average Bonchev–Trinajstić information content (AvgIpc) is 2.78. The molecule has 2 aliphatic rings. The van der Waals surface area contributed by atoms with Crippen molar-refractivity contribution < 1.29 is 9.53 Å². The van der Waals surface area contributed by atoms with Gasteiger partial charge in [-0.05, 0) is 61.6 Å². The van der Waals surface area contributed by atoms with Crippen LogP contribution in [0.4, 0.5) is 5.69 Å². The van der Waals surface area contributed by atoms with Crippen molar-refractivity contribution in [3.8, 4) is 11.5 Å². The Morgan fingerprint density at radius 3 is 2.63 bits per heavy atom. The topological polar surface area (TPSA) is 67.9 Å². The summed E-state index contributed by atoms with van der Waals surface area (Å²) >= 11 is 0. The van der Waals surface area contributed by atoms with Crippen LogP contribution in [0, 0.1) is 5.92 Å². The molecule has 1 amide bonds. The van der Waals surface area contributed by atoms with Gasteiger partial charge in [-0.3, -0.25) is 4.79 Å². The van der Waals surface area contributed by atoms with Gasteiger partial charge in [-0.25, -0.2) is 4.99 Å². The highest BCUT2D eigenvalue weighted by atomic mass is 16.5. The van der Waals surface area contributed by atoms with Crippen molar-refractivity contribution in [2.45, 2.75) is 57.4 Å². The summed E-state index contributed by atoms with van der Waals surface area (Å²) in [5.41, 5.74) is 8.27. The van der Waals surface area contributed by atoms with Gasteiger partial charge in [0.05, 0.1) is 5.69 Å². The van der Waals surface area contributed by atoms with E-state index in [9.17, 15) is 4.79 Å². The summed E-state index contributed by atoms with van der Waals surface area (Å²) in [7, 11) is 1.96. The number of carbonyl (C=O) groups excluding carboxylic acids is 1. The average molecular weight is 406 g/mol. The predicted octanol–water partition coefficient (Wildman–Crippen LogP) is 5.21. The van der Waals surface area contributed by atoms with Crippen LogP contribution in [0.2, 0.25) is 0 Å². The van der Waals surface area contributed by atoms with Crippen molar-refractivity contribution in [3.63, 3.8) is 0 Å². The monoisotopic (exact) mass is 405 g/mol. The first-order valence-corrected chi connectivity index (χ1v) is 11.1. The fraction of sp³-hybridized carbons (Fsp3) is 0.440. The molecule has 2 aromatic rings. The summed E-state index contributed by atoms with van der Waals surface area (Å²) in [6.07, 6.45) is 8.06. The first-order valence-electron chi connectivity index (χ1n) is 11.1. The summed E-state index contributed by atoms with van der Waals surface area (Å²) in [5.74, 6) is 2.55. The van der Waals surface area contributed by atoms with Crippen molar-refractivity contribution in [2.24, 2.45) is 16.6 Å². The van der Waals surface area contributed by atoms with Crippen molar-refractivity contribution in [1.29, 1.82) is 0 Å². The Labute approximate surface area is 178 Å². The number of hydrogen-bond acceptors (Lipinski definition) is 4. The maximum absolute atomic E-state index is 12.7. The van der Waals surface area contributed by atoms with Gasteiger partial charge in [0.25, 0.3) is 0 Å². The van der Waals surface area contributed by atoms with Crippen LogP contribution in [0.15, 0.2) is 53.5 Å². The normalized spacial score (nSPS) is 19.0. The highest BCUT2D eigenvalue weighted by molar-refractivity contribution is 5.88. The predicted molar refractivity (Wildman–Crippen MR) is 120 cm³/mol. The quantitative estimate of drug-likeness (QED) is 0.717. The van der Waals surface area contributed by atoms with Crippen LogP contribution in [0.3, 0.4) is 0 Å². The second-order valence-corrected chi connectivity index (χ2v) is 8.48. The molecule has 0 unspecified atom stereocenters. The molecule has 30 heavy (non-hydrogen) atoms. The molecule has 1 heterocycles. The van der Waals surface area contributed by atoms with Gasteiger partial charge in [-0.2, -0.15) is 0 Å². The van der Waals surface area contributed by atoms with E-state index in [-0.39, 0.29) is 11.8 Å². The summed E-state index contributed by atoms with van der Waals surface area (Å²) in [6, 6.07) is 16.1. The third-order valence-electron chi connectivity index (χ3n) is 6.39. The van der Waals surface area contributed by atoms with Gasteiger partial charge in [0, 0.05) is 25.4 Å². The zero-order chi connectivity index (χ0) is 20.9. The van der Waals surface area contributed by atoms with Crippen LogP contribution < -0.4 is 10.5 Å². The van der Waals surface area contributed by atoms with Crippen molar-refractivity contribution in [3.05, 3.63) is 54.1 Å². The number of hydrogen-bond donors (Lipinski definition) is 1. The molecule has 2 N–H and O–H groups in total. The molecule has 5 heteroatoms. The number of aliphatic imine (C=N–C) groups is 1. The van der Waals surface area contributed by atoms with Crippen LogP contribution in [0.1, 0.15) is 50.5 Å². The van der Waals surface area contributed by atoms with E-state index in [1.54, 1.807) is 0 Å². The Bertz CT molecular complexity index is 904. The maximum atomic E-state index is 12.7. The van der Waals surface area contributed by atoms with Gasteiger partial charge >= 0.3 is 0 Å². The highest BCUT2D eigenvalue weighted by Gasteiger charge is 2.26. The van der Waals surface area contributed by atoms with Crippen LogP contribution in [-0.2, 0) is 11.2 Å². The van der Waals surface area contributed by atoms with Crippen molar-refractivity contribution >= 4 is 17.4 Å². The van der Waals surface area contributed by atoms with E-state index >= 15 is 0 Å². The molecule has 158 valence electrons. The summed E-state index contributed by atoms with van der Waals surface area (Å²) < 4.78 is 5.96. The van der Waals surface area contributed by atoms with E-state index in [4.69, 9.17) is 10.5 Å². The SMILES string of the molecule is CN(C(=O)CC[C@@H]1Cc2cc(Oc3ccccc3)ccc2N=C1N)C1CCCCC1. The fourth-order valence-corrected chi connectivity index (χ4v) is 4.52. The first kappa shape index (κ1) is 20.5. The third kappa shape index (κ3) is 4.84. The maximum Gasteiger partial charge on any atom is 0.222 e. The Morgan fingerprint density at radius 1 is 1.10 bits per heavy atom. The number of amidine groups is 1. The van der Waals surface area contributed by atoms with Gasteiger partial charge < -0.3 is 15.4 Å². The molecule has 0 spiro atoms. The Morgan fingerprint density at radius 2 is 1.87 bits per heavy atom. The first-order chi connectivity index (χ1) is 14.6. The molecule has 0 saturated heterocycles. The fourth-order valence-electron chi connectivity index (χ4n) is 4.52. The minimum atomic E-state index is 0.0909. The molecular weight excluding hydrogens is 374 g/mol. The smallest absolute Gasteiger partial charge is 0.222 e. The molecular formula is C25H31N3O2. The number of ether oxygens (including phenoxy) is 1. The van der Waals surface area contributed by atoms with E-state index in [0.717, 1.165) is 48.4 Å². The van der Waals surface area contributed by atoms with Crippen LogP contribution in [0.5, 0.6) is 11.5 Å². The molecule has 1 saturated carbocycles. The van der Waals surface area contributed by atoms with Gasteiger partial charge in [-0.1, -0.05) is 37.5 Å². The van der Waals surface area contributed by atoms with Crippen molar-refractivity contribution in [1.82, 2.24) is 4.90 Å². The highest BCUT2D eigenvalue weighted by Crippen LogP contribution is 2.34. The van der Waals surface area contributed by atoms with E-state index in [0.29, 0.717) is 18.3 Å². The van der Waals surface area contributed by atoms with Crippen LogP contribution in [0.25, 0.3) is 0 Å². The summed E-state index contributed by atoms with van der Waals surface area (Å²) in [5, 5.41) is 0. The van der Waals surface area contributed by atoms with E-state index in [1.165, 1.54) is 19.3 Å². The van der Waals surface area contributed by atoms with Crippen LogP contribution in [-0.4, -0.2) is 29.7 Å². The number of rotatable bonds is 6. The number of carbonyl (C=O) groups is 1. The molecule has 1 aliphatic carbocycles. The van der Waals surface area contributed by atoms with E-state index in [2.05, 4.69) is 4.99 Å². The number of nitrogens with two attached hydrogens (primary N) is 1. The Kier molecular flexibility index (Phi) is 6.36. The van der Waals surface area contributed by atoms with Gasteiger partial charge in [0.2, 0.25) is 5.91 Å². The molecule has 5 nitrogen and oxygen atoms in total. The van der Waals surface area contributed by atoms with Crippen LogP contribution >= 0.6 is 0 Å². The third-order valence-corrected chi connectivity index (χ3v) is 6.39. The Balaban J connectivity index is 1.37.